The number of hydrogen-bond acceptors (Lipinski definition) is 6. The van der Waals surface area contributed by atoms with Gasteiger partial charge in [-0.25, -0.2) is 17.9 Å². The van der Waals surface area contributed by atoms with Crippen LogP contribution in [0.3, 0.4) is 0 Å². The second-order valence-electron chi connectivity index (χ2n) is 7.61. The summed E-state index contributed by atoms with van der Waals surface area (Å²) in [5, 5.41) is 0. The minimum atomic E-state index is -3.55. The molecule has 1 aromatic rings. The summed E-state index contributed by atoms with van der Waals surface area (Å²) in [5.74, 6) is 0.643. The maximum absolute atomic E-state index is 12.4. The van der Waals surface area contributed by atoms with Crippen molar-refractivity contribution in [1.29, 1.82) is 0 Å². The average Bonchev–Trinajstić information content (AvgIpc) is 2.61. The SMILES string of the molecule is CCOc1ccc(S(=O)(=O)NCCN2CCN(C(=O)OC(C)(C)C)CC2)cc1. The summed E-state index contributed by atoms with van der Waals surface area (Å²) in [6.07, 6.45) is -0.302. The number of carbonyl (C=O) groups excluding carboxylic acids is 1. The molecule has 9 heteroatoms. The van der Waals surface area contributed by atoms with Crippen LogP contribution in [0.25, 0.3) is 0 Å². The van der Waals surface area contributed by atoms with Crippen LogP contribution in [0, 0.1) is 0 Å². The van der Waals surface area contributed by atoms with Crippen molar-refractivity contribution in [2.24, 2.45) is 0 Å². The first-order chi connectivity index (χ1) is 13.1. The Hall–Kier alpha value is -1.84. The smallest absolute Gasteiger partial charge is 0.410 e. The van der Waals surface area contributed by atoms with Crippen molar-refractivity contribution in [2.45, 2.75) is 38.2 Å². The van der Waals surface area contributed by atoms with Crippen LogP contribution in [0.15, 0.2) is 29.2 Å². The molecule has 28 heavy (non-hydrogen) atoms. The molecule has 2 rings (SSSR count). The van der Waals surface area contributed by atoms with E-state index < -0.39 is 15.6 Å². The number of nitrogens with one attached hydrogen (secondary N) is 1. The van der Waals surface area contributed by atoms with Crippen LogP contribution in [0.4, 0.5) is 4.79 Å². The van der Waals surface area contributed by atoms with Gasteiger partial charge < -0.3 is 14.4 Å². The monoisotopic (exact) mass is 413 g/mol. The van der Waals surface area contributed by atoms with E-state index in [1.807, 2.05) is 27.7 Å². The second kappa shape index (κ2) is 9.58. The summed E-state index contributed by atoms with van der Waals surface area (Å²) in [6.45, 7) is 11.3. The summed E-state index contributed by atoms with van der Waals surface area (Å²) >= 11 is 0. The zero-order valence-corrected chi connectivity index (χ0v) is 17.9. The van der Waals surface area contributed by atoms with Crippen molar-refractivity contribution < 1.29 is 22.7 Å². The lowest BCUT2D eigenvalue weighted by Crippen LogP contribution is -2.51. The molecule has 1 N–H and O–H groups in total. The van der Waals surface area contributed by atoms with Crippen molar-refractivity contribution in [3.63, 3.8) is 0 Å². The minimum absolute atomic E-state index is 0.214. The number of sulfonamides is 1. The number of piperazine rings is 1. The Morgan fingerprint density at radius 3 is 2.25 bits per heavy atom. The average molecular weight is 414 g/mol. The van der Waals surface area contributed by atoms with Gasteiger partial charge in [0.1, 0.15) is 11.4 Å². The van der Waals surface area contributed by atoms with Crippen molar-refractivity contribution >= 4 is 16.1 Å². The van der Waals surface area contributed by atoms with Gasteiger partial charge in [-0.05, 0) is 52.0 Å². The molecule has 0 spiro atoms. The largest absolute Gasteiger partial charge is 0.494 e. The predicted octanol–water partition coefficient (Wildman–Crippen LogP) is 1.92. The molecule has 1 heterocycles. The van der Waals surface area contributed by atoms with Crippen molar-refractivity contribution in [3.05, 3.63) is 24.3 Å². The standard InChI is InChI=1S/C19H31N3O5S/c1-5-26-16-6-8-17(9-7-16)28(24,25)20-10-11-21-12-14-22(15-13-21)18(23)27-19(2,3)4/h6-9,20H,5,10-15H2,1-4H3. The van der Waals surface area contributed by atoms with Crippen molar-refractivity contribution in [1.82, 2.24) is 14.5 Å². The molecule has 1 amide bonds. The lowest BCUT2D eigenvalue weighted by Gasteiger charge is -2.35. The van der Waals surface area contributed by atoms with Gasteiger partial charge in [-0.3, -0.25) is 4.90 Å². The molecule has 0 saturated carbocycles. The van der Waals surface area contributed by atoms with Gasteiger partial charge in [-0.2, -0.15) is 0 Å². The van der Waals surface area contributed by atoms with E-state index in [1.54, 1.807) is 17.0 Å². The third kappa shape index (κ3) is 6.96. The zero-order chi connectivity index (χ0) is 20.8. The Morgan fingerprint density at radius 2 is 1.71 bits per heavy atom. The normalized spacial score (nSPS) is 16.1. The molecule has 1 fully saturated rings. The Labute approximate surface area is 167 Å². The van der Waals surface area contributed by atoms with Crippen LogP contribution in [-0.4, -0.2) is 75.8 Å². The topological polar surface area (TPSA) is 88.2 Å². The highest BCUT2D eigenvalue weighted by molar-refractivity contribution is 7.89. The minimum Gasteiger partial charge on any atom is -0.494 e. The molecule has 0 atom stereocenters. The Balaban J connectivity index is 1.75. The van der Waals surface area contributed by atoms with E-state index in [0.717, 1.165) is 0 Å². The van der Waals surface area contributed by atoms with Crippen molar-refractivity contribution in [2.75, 3.05) is 45.9 Å². The number of rotatable bonds is 7. The van der Waals surface area contributed by atoms with E-state index in [1.165, 1.54) is 12.1 Å². The van der Waals surface area contributed by atoms with Crippen LogP contribution in [-0.2, 0) is 14.8 Å². The maximum Gasteiger partial charge on any atom is 0.410 e. The molecule has 158 valence electrons. The van der Waals surface area contributed by atoms with Gasteiger partial charge >= 0.3 is 6.09 Å². The van der Waals surface area contributed by atoms with E-state index in [-0.39, 0.29) is 11.0 Å². The number of ether oxygens (including phenoxy) is 2. The van der Waals surface area contributed by atoms with Crippen LogP contribution in [0.2, 0.25) is 0 Å². The van der Waals surface area contributed by atoms with Crippen molar-refractivity contribution in [3.8, 4) is 5.75 Å². The number of carbonyl (C=O) groups is 1. The molecule has 1 aliphatic rings. The van der Waals surface area contributed by atoms with Gasteiger partial charge in [0.25, 0.3) is 0 Å². The van der Waals surface area contributed by atoms with Crippen LogP contribution >= 0.6 is 0 Å². The quantitative estimate of drug-likeness (QED) is 0.735. The lowest BCUT2D eigenvalue weighted by molar-refractivity contribution is 0.0147. The number of amides is 1. The highest BCUT2D eigenvalue weighted by atomic mass is 32.2. The molecular weight excluding hydrogens is 382 g/mol. The summed E-state index contributed by atoms with van der Waals surface area (Å²) in [4.78, 5) is 16.1. The third-order valence-corrected chi connectivity index (χ3v) is 5.67. The number of nitrogens with zero attached hydrogens (tertiary/aromatic N) is 2. The summed E-state index contributed by atoms with van der Waals surface area (Å²) in [5.41, 5.74) is -0.507. The summed E-state index contributed by atoms with van der Waals surface area (Å²) < 4.78 is 38.1. The first-order valence-electron chi connectivity index (χ1n) is 9.53. The summed E-state index contributed by atoms with van der Waals surface area (Å²) in [6, 6.07) is 6.36. The molecule has 0 unspecified atom stereocenters. The fourth-order valence-electron chi connectivity index (χ4n) is 2.78. The zero-order valence-electron chi connectivity index (χ0n) is 17.1. The molecule has 1 saturated heterocycles. The van der Waals surface area contributed by atoms with Gasteiger partial charge in [0.15, 0.2) is 0 Å². The van der Waals surface area contributed by atoms with Gasteiger partial charge in [-0.1, -0.05) is 0 Å². The van der Waals surface area contributed by atoms with Crippen LogP contribution < -0.4 is 9.46 Å². The van der Waals surface area contributed by atoms with Gasteiger partial charge in [0.05, 0.1) is 11.5 Å². The molecule has 8 nitrogen and oxygen atoms in total. The Bertz CT molecular complexity index is 736. The maximum atomic E-state index is 12.4. The molecule has 0 bridgehead atoms. The van der Waals surface area contributed by atoms with E-state index in [4.69, 9.17) is 9.47 Å². The molecule has 0 radical (unpaired) electrons. The Morgan fingerprint density at radius 1 is 1.11 bits per heavy atom. The number of hydrogen-bond donors (Lipinski definition) is 1. The number of benzene rings is 1. The highest BCUT2D eigenvalue weighted by Gasteiger charge is 2.25. The Kier molecular flexibility index (Phi) is 7.68. The van der Waals surface area contributed by atoms with Gasteiger partial charge in [0.2, 0.25) is 10.0 Å². The van der Waals surface area contributed by atoms with Crippen LogP contribution in [0.5, 0.6) is 5.75 Å². The third-order valence-electron chi connectivity index (χ3n) is 4.19. The molecular formula is C19H31N3O5S. The highest BCUT2D eigenvalue weighted by Crippen LogP contribution is 2.16. The van der Waals surface area contributed by atoms with Gasteiger partial charge in [-0.15, -0.1) is 0 Å². The predicted molar refractivity (Wildman–Crippen MR) is 107 cm³/mol. The molecule has 0 aromatic heterocycles. The molecule has 0 aliphatic carbocycles. The van der Waals surface area contributed by atoms with Gasteiger partial charge in [0, 0.05) is 39.3 Å². The summed E-state index contributed by atoms with van der Waals surface area (Å²) in [7, 11) is -3.55. The second-order valence-corrected chi connectivity index (χ2v) is 9.38. The first kappa shape index (κ1) is 22.4. The van der Waals surface area contributed by atoms with E-state index in [9.17, 15) is 13.2 Å². The lowest BCUT2D eigenvalue weighted by atomic mass is 10.2. The van der Waals surface area contributed by atoms with E-state index >= 15 is 0 Å². The first-order valence-corrected chi connectivity index (χ1v) is 11.0. The molecule has 1 aromatic carbocycles. The van der Waals surface area contributed by atoms with E-state index in [0.29, 0.717) is 51.6 Å². The van der Waals surface area contributed by atoms with Crippen LogP contribution in [0.1, 0.15) is 27.7 Å². The fourth-order valence-corrected chi connectivity index (χ4v) is 3.80. The fraction of sp³-hybridized carbons (Fsp3) is 0.632. The van der Waals surface area contributed by atoms with E-state index in [2.05, 4.69) is 9.62 Å². The molecule has 1 aliphatic heterocycles.